The number of hydrogen-bond acceptors (Lipinski definition) is 5. The third-order valence-corrected chi connectivity index (χ3v) is 4.39. The van der Waals surface area contributed by atoms with E-state index in [2.05, 4.69) is 10.1 Å². The number of hydrogen-bond donors (Lipinski definition) is 0. The molecule has 1 aromatic heterocycles. The number of carbonyl (C=O) groups excluding carboxylic acids is 1. The molecule has 0 aliphatic heterocycles. The van der Waals surface area contributed by atoms with E-state index in [1.165, 1.54) is 11.8 Å². The number of rotatable bonds is 6. The Kier molecular flexibility index (Phi) is 5.20. The van der Waals surface area contributed by atoms with Crippen molar-refractivity contribution in [1.82, 2.24) is 10.1 Å². The molecular weight excluding hydrogens is 296 g/mol. The third-order valence-electron chi connectivity index (χ3n) is 2.88. The average molecular weight is 311 g/mol. The van der Waals surface area contributed by atoms with Gasteiger partial charge in [0, 0.05) is 11.3 Å². The van der Waals surface area contributed by atoms with Crippen molar-refractivity contribution in [2.75, 3.05) is 0 Å². The topological polar surface area (TPSA) is 56.0 Å². The summed E-state index contributed by atoms with van der Waals surface area (Å²) in [7, 11) is 0. The van der Waals surface area contributed by atoms with Gasteiger partial charge in [-0.1, -0.05) is 35.8 Å². The van der Waals surface area contributed by atoms with E-state index in [0.717, 1.165) is 4.90 Å². The summed E-state index contributed by atoms with van der Waals surface area (Å²) in [5, 5.41) is 4.60. The maximum absolute atomic E-state index is 11.6. The third kappa shape index (κ3) is 3.61. The number of nitrogens with zero attached hydrogens (tertiary/aromatic N) is 2. The van der Waals surface area contributed by atoms with Crippen molar-refractivity contribution >= 4 is 29.1 Å². The smallest absolute Gasteiger partial charge is 0.236 e. The molecule has 0 saturated carbocycles. The van der Waals surface area contributed by atoms with E-state index in [1.54, 1.807) is 6.92 Å². The van der Waals surface area contributed by atoms with Crippen molar-refractivity contribution in [2.45, 2.75) is 36.8 Å². The van der Waals surface area contributed by atoms with Gasteiger partial charge in [0.15, 0.2) is 5.82 Å². The van der Waals surface area contributed by atoms with E-state index >= 15 is 0 Å². The van der Waals surface area contributed by atoms with Gasteiger partial charge < -0.3 is 4.52 Å². The molecule has 0 aliphatic rings. The van der Waals surface area contributed by atoms with Gasteiger partial charge in [0.1, 0.15) is 5.78 Å². The molecule has 1 heterocycles. The van der Waals surface area contributed by atoms with Crippen molar-refractivity contribution in [3.8, 4) is 0 Å². The molecule has 1 aromatic carbocycles. The zero-order valence-electron chi connectivity index (χ0n) is 11.3. The second-order valence-corrected chi connectivity index (χ2v) is 5.73. The summed E-state index contributed by atoms with van der Waals surface area (Å²) >= 11 is 7.61. The maximum Gasteiger partial charge on any atom is 0.236 e. The normalized spacial score (nSPS) is 12.3. The van der Waals surface area contributed by atoms with E-state index in [4.69, 9.17) is 16.1 Å². The number of halogens is 1. The Morgan fingerprint density at radius 1 is 1.45 bits per heavy atom. The van der Waals surface area contributed by atoms with Crippen LogP contribution in [0.1, 0.15) is 37.9 Å². The zero-order chi connectivity index (χ0) is 14.5. The van der Waals surface area contributed by atoms with Crippen molar-refractivity contribution in [2.24, 2.45) is 0 Å². The molecule has 1 atom stereocenters. The summed E-state index contributed by atoms with van der Waals surface area (Å²) in [4.78, 5) is 16.8. The lowest BCUT2D eigenvalue weighted by Crippen LogP contribution is -2.07. The minimum atomic E-state index is -0.341. The Balaban J connectivity index is 2.00. The van der Waals surface area contributed by atoms with Gasteiger partial charge in [0.05, 0.1) is 16.7 Å². The summed E-state index contributed by atoms with van der Waals surface area (Å²) in [6, 6.07) is 7.60. The van der Waals surface area contributed by atoms with Crippen molar-refractivity contribution in [3.63, 3.8) is 0 Å². The molecule has 4 nitrogen and oxygen atoms in total. The van der Waals surface area contributed by atoms with Crippen molar-refractivity contribution < 1.29 is 9.32 Å². The summed E-state index contributed by atoms with van der Waals surface area (Å²) in [6.45, 7) is 3.60. The number of ketones is 1. The highest BCUT2D eigenvalue weighted by Crippen LogP contribution is 2.29. The lowest BCUT2D eigenvalue weighted by atomic mass is 10.1. The van der Waals surface area contributed by atoms with Crippen molar-refractivity contribution in [1.29, 1.82) is 0 Å². The fourth-order valence-corrected chi connectivity index (χ4v) is 2.73. The monoisotopic (exact) mass is 310 g/mol. The SMILES string of the molecule is CCC(=O)C(C)c1nc(CSc2ccccc2Cl)no1. The summed E-state index contributed by atoms with van der Waals surface area (Å²) in [5.41, 5.74) is 0. The fourth-order valence-electron chi connectivity index (χ4n) is 1.65. The van der Waals surface area contributed by atoms with Crippen LogP contribution in [0.15, 0.2) is 33.7 Å². The zero-order valence-corrected chi connectivity index (χ0v) is 12.9. The highest BCUT2D eigenvalue weighted by Gasteiger charge is 2.20. The van der Waals surface area contributed by atoms with Gasteiger partial charge in [0.25, 0.3) is 0 Å². The van der Waals surface area contributed by atoms with E-state index in [1.807, 2.05) is 31.2 Å². The molecule has 6 heteroatoms. The first-order valence-electron chi connectivity index (χ1n) is 6.34. The summed E-state index contributed by atoms with van der Waals surface area (Å²) < 4.78 is 5.14. The van der Waals surface area contributed by atoms with Crippen LogP contribution in [-0.2, 0) is 10.5 Å². The van der Waals surface area contributed by atoms with Gasteiger partial charge in [-0.15, -0.1) is 11.8 Å². The molecule has 0 fully saturated rings. The van der Waals surface area contributed by atoms with Crippen LogP contribution < -0.4 is 0 Å². The molecule has 0 bridgehead atoms. The Bertz CT molecular complexity index is 600. The molecular formula is C14H15ClN2O2S. The van der Waals surface area contributed by atoms with E-state index in [0.29, 0.717) is 28.9 Å². The van der Waals surface area contributed by atoms with Crippen LogP contribution in [0.2, 0.25) is 5.02 Å². The number of aromatic nitrogens is 2. The van der Waals surface area contributed by atoms with E-state index in [-0.39, 0.29) is 11.7 Å². The number of Topliss-reactive ketones (excluding diaryl/α,β-unsaturated/α-hetero) is 1. The molecule has 106 valence electrons. The largest absolute Gasteiger partial charge is 0.339 e. The lowest BCUT2D eigenvalue weighted by Gasteiger charge is -2.01. The molecule has 20 heavy (non-hydrogen) atoms. The Hall–Kier alpha value is -1.33. The van der Waals surface area contributed by atoms with Crippen LogP contribution in [0.25, 0.3) is 0 Å². The minimum Gasteiger partial charge on any atom is -0.339 e. The Labute approximate surface area is 126 Å². The molecule has 0 saturated heterocycles. The van der Waals surface area contributed by atoms with E-state index in [9.17, 15) is 4.79 Å². The predicted molar refractivity (Wildman–Crippen MR) is 79.0 cm³/mol. The van der Waals surface area contributed by atoms with E-state index < -0.39 is 0 Å². The van der Waals surface area contributed by atoms with Gasteiger partial charge in [-0.25, -0.2) is 0 Å². The van der Waals surface area contributed by atoms with Crippen LogP contribution in [0.3, 0.4) is 0 Å². The van der Waals surface area contributed by atoms with Crippen LogP contribution >= 0.6 is 23.4 Å². The molecule has 0 amide bonds. The first-order valence-corrected chi connectivity index (χ1v) is 7.70. The minimum absolute atomic E-state index is 0.0963. The van der Waals surface area contributed by atoms with Crippen molar-refractivity contribution in [3.05, 3.63) is 41.0 Å². The molecule has 0 radical (unpaired) electrons. The molecule has 0 aliphatic carbocycles. The van der Waals surface area contributed by atoms with Crippen LogP contribution in [0.5, 0.6) is 0 Å². The van der Waals surface area contributed by atoms with Crippen LogP contribution in [-0.4, -0.2) is 15.9 Å². The van der Waals surface area contributed by atoms with Gasteiger partial charge >= 0.3 is 0 Å². The second-order valence-electron chi connectivity index (χ2n) is 4.31. The standard InChI is InChI=1S/C14H15ClN2O2S/c1-3-11(18)9(2)14-16-13(17-19-14)8-20-12-7-5-4-6-10(12)15/h4-7,9H,3,8H2,1-2H3. The highest BCUT2D eigenvalue weighted by molar-refractivity contribution is 7.98. The lowest BCUT2D eigenvalue weighted by molar-refractivity contribution is -0.120. The van der Waals surface area contributed by atoms with Gasteiger partial charge in [-0.2, -0.15) is 4.98 Å². The quantitative estimate of drug-likeness (QED) is 0.752. The summed E-state index contributed by atoms with van der Waals surface area (Å²) in [6.07, 6.45) is 0.466. The fraction of sp³-hybridized carbons (Fsp3) is 0.357. The van der Waals surface area contributed by atoms with Gasteiger partial charge in [0.2, 0.25) is 5.89 Å². The predicted octanol–water partition coefficient (Wildman–Crippen LogP) is 4.10. The number of benzene rings is 1. The highest BCUT2D eigenvalue weighted by atomic mass is 35.5. The molecule has 1 unspecified atom stereocenters. The molecule has 0 spiro atoms. The van der Waals surface area contributed by atoms with Gasteiger partial charge in [-0.05, 0) is 19.1 Å². The van der Waals surface area contributed by atoms with Crippen LogP contribution in [0.4, 0.5) is 0 Å². The molecule has 2 rings (SSSR count). The first kappa shape index (κ1) is 15.1. The van der Waals surface area contributed by atoms with Gasteiger partial charge in [-0.3, -0.25) is 4.79 Å². The second kappa shape index (κ2) is 6.90. The Morgan fingerprint density at radius 2 is 2.20 bits per heavy atom. The Morgan fingerprint density at radius 3 is 2.90 bits per heavy atom. The number of carbonyl (C=O) groups is 1. The summed E-state index contributed by atoms with van der Waals surface area (Å²) in [5.74, 6) is 1.26. The van der Waals surface area contributed by atoms with Crippen LogP contribution in [0, 0.1) is 0 Å². The molecule has 0 N–H and O–H groups in total. The first-order chi connectivity index (χ1) is 9.61. The molecule has 2 aromatic rings. The number of thioether (sulfide) groups is 1. The maximum atomic E-state index is 11.6. The average Bonchev–Trinajstić information content (AvgIpc) is 2.93.